The lowest BCUT2D eigenvalue weighted by Crippen LogP contribution is -1.96. The van der Waals surface area contributed by atoms with Crippen molar-refractivity contribution in [3.8, 4) is 11.1 Å². The van der Waals surface area contributed by atoms with E-state index in [2.05, 4.69) is 11.1 Å². The van der Waals surface area contributed by atoms with E-state index >= 15 is 0 Å². The summed E-state index contributed by atoms with van der Waals surface area (Å²) in [4.78, 5) is 4.77. The monoisotopic (exact) mass is 303 g/mol. The van der Waals surface area contributed by atoms with E-state index in [1.165, 1.54) is 6.26 Å². The summed E-state index contributed by atoms with van der Waals surface area (Å²) in [6.45, 7) is 1.98. The third kappa shape index (κ3) is 2.46. The summed E-state index contributed by atoms with van der Waals surface area (Å²) < 4.78 is 24.4. The molecule has 3 rings (SSSR count). The first kappa shape index (κ1) is 13.3. The SMILES string of the molecule is Cc1nc2ccc(-c3cccc(S(C)(=O)=O)c3)cc2s1. The van der Waals surface area contributed by atoms with Gasteiger partial charge < -0.3 is 0 Å². The van der Waals surface area contributed by atoms with Crippen LogP contribution in [0.25, 0.3) is 21.3 Å². The Balaban J connectivity index is 2.15. The van der Waals surface area contributed by atoms with Crippen molar-refractivity contribution in [2.75, 3.05) is 6.26 Å². The number of nitrogens with zero attached hydrogens (tertiary/aromatic N) is 1. The zero-order valence-electron chi connectivity index (χ0n) is 11.1. The molecule has 102 valence electrons. The molecule has 0 aliphatic heterocycles. The third-order valence-corrected chi connectivity index (χ3v) is 5.13. The fourth-order valence-electron chi connectivity index (χ4n) is 2.13. The molecule has 0 atom stereocenters. The maximum absolute atomic E-state index is 11.6. The van der Waals surface area contributed by atoms with Gasteiger partial charge in [0.15, 0.2) is 9.84 Å². The maximum atomic E-state index is 11.6. The quantitative estimate of drug-likeness (QED) is 0.725. The number of hydrogen-bond donors (Lipinski definition) is 0. The zero-order chi connectivity index (χ0) is 14.3. The van der Waals surface area contributed by atoms with Gasteiger partial charge in [0.05, 0.1) is 20.1 Å². The highest BCUT2D eigenvalue weighted by Gasteiger charge is 2.09. The van der Waals surface area contributed by atoms with Crippen molar-refractivity contribution in [2.45, 2.75) is 11.8 Å². The van der Waals surface area contributed by atoms with Gasteiger partial charge in [-0.3, -0.25) is 0 Å². The first-order valence-corrected chi connectivity index (χ1v) is 8.82. The highest BCUT2D eigenvalue weighted by atomic mass is 32.2. The predicted octanol–water partition coefficient (Wildman–Crippen LogP) is 3.68. The van der Waals surface area contributed by atoms with Crippen molar-refractivity contribution in [1.82, 2.24) is 4.98 Å². The molecule has 0 saturated heterocycles. The Morgan fingerprint density at radius 3 is 2.55 bits per heavy atom. The van der Waals surface area contributed by atoms with Crippen LogP contribution in [0.1, 0.15) is 5.01 Å². The van der Waals surface area contributed by atoms with Gasteiger partial charge in [-0.1, -0.05) is 18.2 Å². The lowest BCUT2D eigenvalue weighted by atomic mass is 10.1. The van der Waals surface area contributed by atoms with Crippen LogP contribution in [0, 0.1) is 6.92 Å². The van der Waals surface area contributed by atoms with E-state index < -0.39 is 9.84 Å². The van der Waals surface area contributed by atoms with E-state index in [1.807, 2.05) is 25.1 Å². The number of sulfone groups is 1. The molecule has 3 aromatic rings. The van der Waals surface area contributed by atoms with E-state index in [-0.39, 0.29) is 0 Å². The first-order chi connectivity index (χ1) is 9.43. The Morgan fingerprint density at radius 1 is 1.05 bits per heavy atom. The average Bonchev–Trinajstić information content (AvgIpc) is 2.77. The zero-order valence-corrected chi connectivity index (χ0v) is 12.8. The number of benzene rings is 2. The van der Waals surface area contributed by atoms with Gasteiger partial charge in [-0.05, 0) is 42.3 Å². The molecule has 1 aromatic heterocycles. The van der Waals surface area contributed by atoms with Gasteiger partial charge in [0, 0.05) is 6.26 Å². The fraction of sp³-hybridized carbons (Fsp3) is 0.133. The number of rotatable bonds is 2. The molecule has 0 bridgehead atoms. The molecule has 0 N–H and O–H groups in total. The smallest absolute Gasteiger partial charge is 0.175 e. The van der Waals surface area contributed by atoms with Gasteiger partial charge >= 0.3 is 0 Å². The molecule has 1 heterocycles. The van der Waals surface area contributed by atoms with Crippen LogP contribution in [0.3, 0.4) is 0 Å². The van der Waals surface area contributed by atoms with Crippen LogP contribution < -0.4 is 0 Å². The Hall–Kier alpha value is -1.72. The number of hydrogen-bond acceptors (Lipinski definition) is 4. The minimum Gasteiger partial charge on any atom is -0.242 e. The Kier molecular flexibility index (Phi) is 3.11. The van der Waals surface area contributed by atoms with Crippen LogP contribution in [0.15, 0.2) is 47.4 Å². The number of aromatic nitrogens is 1. The highest BCUT2D eigenvalue weighted by Crippen LogP contribution is 2.29. The second-order valence-electron chi connectivity index (χ2n) is 4.72. The normalized spacial score (nSPS) is 11.9. The van der Waals surface area contributed by atoms with Crippen LogP contribution in [-0.2, 0) is 9.84 Å². The van der Waals surface area contributed by atoms with Crippen LogP contribution in [-0.4, -0.2) is 19.7 Å². The molecule has 0 aliphatic carbocycles. The van der Waals surface area contributed by atoms with Crippen molar-refractivity contribution in [3.05, 3.63) is 47.5 Å². The molecule has 0 fully saturated rings. The summed E-state index contributed by atoms with van der Waals surface area (Å²) in [5.74, 6) is 0. The van der Waals surface area contributed by atoms with Crippen LogP contribution in [0.5, 0.6) is 0 Å². The maximum Gasteiger partial charge on any atom is 0.175 e. The summed E-state index contributed by atoms with van der Waals surface area (Å²) in [5.41, 5.74) is 2.89. The van der Waals surface area contributed by atoms with Gasteiger partial charge in [0.1, 0.15) is 0 Å². The molecular formula is C15H13NO2S2. The molecule has 0 radical (unpaired) electrons. The van der Waals surface area contributed by atoms with Crippen molar-refractivity contribution in [1.29, 1.82) is 0 Å². The summed E-state index contributed by atoms with van der Waals surface area (Å²) in [6.07, 6.45) is 1.22. The largest absolute Gasteiger partial charge is 0.242 e. The van der Waals surface area contributed by atoms with Crippen molar-refractivity contribution >= 4 is 31.4 Å². The summed E-state index contributed by atoms with van der Waals surface area (Å²) in [6, 6.07) is 13.0. The molecule has 0 unspecified atom stereocenters. The Bertz CT molecular complexity index is 895. The first-order valence-electron chi connectivity index (χ1n) is 6.11. The van der Waals surface area contributed by atoms with Crippen molar-refractivity contribution in [3.63, 3.8) is 0 Å². The molecule has 2 aromatic carbocycles. The van der Waals surface area contributed by atoms with E-state index in [0.717, 1.165) is 26.4 Å². The molecule has 0 amide bonds. The minimum absolute atomic E-state index is 0.343. The summed E-state index contributed by atoms with van der Waals surface area (Å²) in [5, 5.41) is 1.03. The van der Waals surface area contributed by atoms with E-state index in [9.17, 15) is 8.42 Å². The average molecular weight is 303 g/mol. The molecular weight excluding hydrogens is 290 g/mol. The lowest BCUT2D eigenvalue weighted by molar-refractivity contribution is 0.602. The second kappa shape index (κ2) is 4.68. The molecule has 0 spiro atoms. The second-order valence-corrected chi connectivity index (χ2v) is 7.97. The van der Waals surface area contributed by atoms with Crippen LogP contribution in [0.4, 0.5) is 0 Å². The van der Waals surface area contributed by atoms with Gasteiger partial charge in [-0.15, -0.1) is 11.3 Å². The topological polar surface area (TPSA) is 47.0 Å². The van der Waals surface area contributed by atoms with Crippen LogP contribution >= 0.6 is 11.3 Å². The summed E-state index contributed by atoms with van der Waals surface area (Å²) in [7, 11) is -3.18. The summed E-state index contributed by atoms with van der Waals surface area (Å²) >= 11 is 1.64. The van der Waals surface area contributed by atoms with Gasteiger partial charge in [-0.2, -0.15) is 0 Å². The molecule has 3 nitrogen and oxygen atoms in total. The van der Waals surface area contributed by atoms with Crippen molar-refractivity contribution < 1.29 is 8.42 Å². The van der Waals surface area contributed by atoms with Gasteiger partial charge in [-0.25, -0.2) is 13.4 Å². The van der Waals surface area contributed by atoms with Gasteiger partial charge in [0.25, 0.3) is 0 Å². The number of aryl methyl sites for hydroxylation is 1. The minimum atomic E-state index is -3.18. The lowest BCUT2D eigenvalue weighted by Gasteiger charge is -2.04. The van der Waals surface area contributed by atoms with E-state index in [4.69, 9.17) is 0 Å². The number of thiazole rings is 1. The van der Waals surface area contributed by atoms with Crippen LogP contribution in [0.2, 0.25) is 0 Å². The molecule has 0 saturated carbocycles. The molecule has 5 heteroatoms. The highest BCUT2D eigenvalue weighted by molar-refractivity contribution is 7.90. The molecule has 20 heavy (non-hydrogen) atoms. The number of fused-ring (bicyclic) bond motifs is 1. The molecule has 0 aliphatic rings. The standard InChI is InChI=1S/C15H13NO2S2/c1-10-16-14-7-6-12(9-15(14)19-10)11-4-3-5-13(8-11)20(2,17)18/h3-9H,1-2H3. The fourth-order valence-corrected chi connectivity index (χ4v) is 3.66. The predicted molar refractivity (Wildman–Crippen MR) is 82.9 cm³/mol. The van der Waals surface area contributed by atoms with Gasteiger partial charge in [0.2, 0.25) is 0 Å². The van der Waals surface area contributed by atoms with E-state index in [0.29, 0.717) is 4.90 Å². The Morgan fingerprint density at radius 2 is 1.80 bits per heavy atom. The Labute approximate surface area is 121 Å². The van der Waals surface area contributed by atoms with Crippen molar-refractivity contribution in [2.24, 2.45) is 0 Å². The third-order valence-electron chi connectivity index (χ3n) is 3.09. The van der Waals surface area contributed by atoms with E-state index in [1.54, 1.807) is 29.5 Å².